The Bertz CT molecular complexity index is 833. The molecule has 1 unspecified atom stereocenters. The van der Waals surface area contributed by atoms with Gasteiger partial charge in [0.05, 0.1) is 11.7 Å². The molecule has 1 fully saturated rings. The van der Waals surface area contributed by atoms with Crippen LogP contribution >= 0.6 is 0 Å². The lowest BCUT2D eigenvalue weighted by Gasteiger charge is -2.32. The predicted molar refractivity (Wildman–Crippen MR) is 92.1 cm³/mol. The number of nitrogens with one attached hydrogen (secondary N) is 1. The first-order valence-corrected chi connectivity index (χ1v) is 8.14. The lowest BCUT2D eigenvalue weighted by atomic mass is 10.2. The number of fused-ring (bicyclic) bond motifs is 1. The lowest BCUT2D eigenvalue weighted by molar-refractivity contribution is 0.208. The first-order chi connectivity index (χ1) is 11.8. The van der Waals surface area contributed by atoms with Gasteiger partial charge in [0.1, 0.15) is 5.82 Å². The van der Waals surface area contributed by atoms with Crippen molar-refractivity contribution in [2.45, 2.75) is 19.7 Å². The number of piperazine rings is 1. The van der Waals surface area contributed by atoms with E-state index in [0.29, 0.717) is 12.1 Å². The van der Waals surface area contributed by atoms with Gasteiger partial charge in [0.25, 0.3) is 0 Å². The molecule has 7 nitrogen and oxygen atoms in total. The predicted octanol–water partition coefficient (Wildman–Crippen LogP) is 1.66. The fourth-order valence-corrected chi connectivity index (χ4v) is 2.97. The smallest absolute Gasteiger partial charge is 0.320 e. The molecule has 3 heterocycles. The highest BCUT2D eigenvalue weighted by atomic mass is 16.5. The van der Waals surface area contributed by atoms with Crippen molar-refractivity contribution in [1.29, 1.82) is 0 Å². The Hall–Kier alpha value is -2.67. The average Bonchev–Trinajstić information content (AvgIpc) is 3.03. The van der Waals surface area contributed by atoms with E-state index in [0.717, 1.165) is 36.4 Å². The van der Waals surface area contributed by atoms with Gasteiger partial charge in [0.2, 0.25) is 0 Å². The molecule has 1 aliphatic rings. The monoisotopic (exact) mass is 324 g/mol. The van der Waals surface area contributed by atoms with Crippen LogP contribution in [0.4, 0.5) is 5.82 Å². The molecule has 124 valence electrons. The Kier molecular flexibility index (Phi) is 4.00. The molecule has 1 atom stereocenters. The molecule has 0 saturated carbocycles. The van der Waals surface area contributed by atoms with Crippen molar-refractivity contribution < 1.29 is 4.74 Å². The second kappa shape index (κ2) is 6.45. The third-order valence-electron chi connectivity index (χ3n) is 4.18. The van der Waals surface area contributed by atoms with Gasteiger partial charge in [-0.25, -0.2) is 9.67 Å². The van der Waals surface area contributed by atoms with E-state index in [1.165, 1.54) is 0 Å². The summed E-state index contributed by atoms with van der Waals surface area (Å²) in [7, 11) is 0. The minimum Gasteiger partial charge on any atom is -0.440 e. The second-order valence-corrected chi connectivity index (χ2v) is 5.97. The van der Waals surface area contributed by atoms with Crippen LogP contribution in [0.25, 0.3) is 10.9 Å². The van der Waals surface area contributed by atoms with Gasteiger partial charge in [-0.1, -0.05) is 18.2 Å². The number of hydrogen-bond donors (Lipinski definition) is 1. The summed E-state index contributed by atoms with van der Waals surface area (Å²) < 4.78 is 7.56. The Morgan fingerprint density at radius 1 is 1.29 bits per heavy atom. The van der Waals surface area contributed by atoms with Gasteiger partial charge in [-0.15, -0.1) is 0 Å². The SMILES string of the molecule is CC1CN(c2ccnc(OCn3ncc4ccccc43)n2)CCN1. The number of ether oxygens (including phenoxy) is 1. The van der Waals surface area contributed by atoms with E-state index < -0.39 is 0 Å². The van der Waals surface area contributed by atoms with Crippen LogP contribution in [0.2, 0.25) is 0 Å². The Labute approximate surface area is 140 Å². The van der Waals surface area contributed by atoms with Crippen LogP contribution in [0.15, 0.2) is 42.7 Å². The van der Waals surface area contributed by atoms with Crippen LogP contribution in [-0.2, 0) is 6.73 Å². The highest BCUT2D eigenvalue weighted by Crippen LogP contribution is 2.16. The van der Waals surface area contributed by atoms with Crippen molar-refractivity contribution in [2.24, 2.45) is 0 Å². The fourth-order valence-electron chi connectivity index (χ4n) is 2.97. The largest absolute Gasteiger partial charge is 0.440 e. The molecular formula is C17H20N6O. The van der Waals surface area contributed by atoms with E-state index in [1.807, 2.05) is 36.5 Å². The summed E-state index contributed by atoms with van der Waals surface area (Å²) in [4.78, 5) is 11.0. The zero-order valence-electron chi connectivity index (χ0n) is 13.6. The molecule has 1 N–H and O–H groups in total. The Morgan fingerprint density at radius 2 is 2.21 bits per heavy atom. The molecule has 0 aliphatic carbocycles. The van der Waals surface area contributed by atoms with E-state index in [-0.39, 0.29) is 6.73 Å². The summed E-state index contributed by atoms with van der Waals surface area (Å²) in [5.41, 5.74) is 1.03. The Morgan fingerprint density at radius 3 is 3.12 bits per heavy atom. The first kappa shape index (κ1) is 14.9. The Balaban J connectivity index is 1.48. The maximum Gasteiger partial charge on any atom is 0.320 e. The van der Waals surface area contributed by atoms with Crippen molar-refractivity contribution >= 4 is 16.7 Å². The zero-order valence-corrected chi connectivity index (χ0v) is 13.6. The summed E-state index contributed by atoms with van der Waals surface area (Å²) >= 11 is 0. The van der Waals surface area contributed by atoms with Gasteiger partial charge >= 0.3 is 6.01 Å². The number of anilines is 1. The molecule has 1 aromatic carbocycles. The molecule has 24 heavy (non-hydrogen) atoms. The van der Waals surface area contributed by atoms with E-state index in [2.05, 4.69) is 32.2 Å². The normalized spacial score (nSPS) is 18.0. The molecule has 7 heteroatoms. The number of aromatic nitrogens is 4. The molecule has 0 radical (unpaired) electrons. The highest BCUT2D eigenvalue weighted by Gasteiger charge is 2.17. The van der Waals surface area contributed by atoms with Gasteiger partial charge < -0.3 is 15.0 Å². The molecule has 1 aliphatic heterocycles. The fraction of sp³-hybridized carbons (Fsp3) is 0.353. The number of nitrogens with zero attached hydrogens (tertiary/aromatic N) is 5. The van der Waals surface area contributed by atoms with E-state index in [1.54, 1.807) is 10.9 Å². The van der Waals surface area contributed by atoms with Crippen molar-refractivity contribution in [3.05, 3.63) is 42.7 Å². The van der Waals surface area contributed by atoms with Crippen molar-refractivity contribution in [2.75, 3.05) is 24.5 Å². The molecule has 2 aromatic heterocycles. The molecule has 4 rings (SSSR count). The van der Waals surface area contributed by atoms with Crippen LogP contribution < -0.4 is 15.0 Å². The van der Waals surface area contributed by atoms with Gasteiger partial charge in [0.15, 0.2) is 6.73 Å². The van der Waals surface area contributed by atoms with Crippen molar-refractivity contribution in [3.63, 3.8) is 0 Å². The third-order valence-corrected chi connectivity index (χ3v) is 4.18. The summed E-state index contributed by atoms with van der Waals surface area (Å²) in [6.07, 6.45) is 3.57. The number of benzene rings is 1. The summed E-state index contributed by atoms with van der Waals surface area (Å²) in [5.74, 6) is 0.902. The minimum absolute atomic E-state index is 0.287. The zero-order chi connectivity index (χ0) is 16.4. The lowest BCUT2D eigenvalue weighted by Crippen LogP contribution is -2.49. The third kappa shape index (κ3) is 3.03. The standard InChI is InChI=1S/C17H20N6O/c1-13-11-22(9-8-18-13)16-6-7-19-17(21-16)24-12-23-15-5-3-2-4-14(15)10-20-23/h2-7,10,13,18H,8-9,11-12H2,1H3. The van der Waals surface area contributed by atoms with Gasteiger partial charge in [-0.2, -0.15) is 10.1 Å². The van der Waals surface area contributed by atoms with Crippen LogP contribution in [0, 0.1) is 0 Å². The molecular weight excluding hydrogens is 304 g/mol. The van der Waals surface area contributed by atoms with E-state index >= 15 is 0 Å². The van der Waals surface area contributed by atoms with E-state index in [9.17, 15) is 0 Å². The summed E-state index contributed by atoms with van der Waals surface area (Å²) in [5, 5.41) is 8.87. The van der Waals surface area contributed by atoms with Crippen LogP contribution in [0.3, 0.4) is 0 Å². The number of hydrogen-bond acceptors (Lipinski definition) is 6. The van der Waals surface area contributed by atoms with Crippen LogP contribution in [-0.4, -0.2) is 45.4 Å². The summed E-state index contributed by atoms with van der Waals surface area (Å²) in [6, 6.07) is 10.8. The minimum atomic E-state index is 0.287. The van der Waals surface area contributed by atoms with Crippen LogP contribution in [0.1, 0.15) is 6.92 Å². The average molecular weight is 324 g/mol. The van der Waals surface area contributed by atoms with Crippen molar-refractivity contribution in [1.82, 2.24) is 25.1 Å². The number of rotatable bonds is 4. The molecule has 3 aromatic rings. The number of para-hydroxylation sites is 1. The quantitative estimate of drug-likeness (QED) is 0.787. The molecule has 0 amide bonds. The van der Waals surface area contributed by atoms with E-state index in [4.69, 9.17) is 4.74 Å². The van der Waals surface area contributed by atoms with Gasteiger partial charge in [0, 0.05) is 37.3 Å². The maximum absolute atomic E-state index is 5.75. The molecule has 0 bridgehead atoms. The molecule has 0 spiro atoms. The first-order valence-electron chi connectivity index (χ1n) is 8.14. The van der Waals surface area contributed by atoms with Crippen LogP contribution in [0.5, 0.6) is 6.01 Å². The second-order valence-electron chi connectivity index (χ2n) is 5.97. The highest BCUT2D eigenvalue weighted by molar-refractivity contribution is 5.78. The van der Waals surface area contributed by atoms with Gasteiger partial charge in [-0.05, 0) is 19.1 Å². The van der Waals surface area contributed by atoms with Crippen molar-refractivity contribution in [3.8, 4) is 6.01 Å². The maximum atomic E-state index is 5.75. The topological polar surface area (TPSA) is 68.1 Å². The van der Waals surface area contributed by atoms with Gasteiger partial charge in [-0.3, -0.25) is 0 Å². The molecule has 1 saturated heterocycles. The summed E-state index contributed by atoms with van der Waals surface area (Å²) in [6.45, 7) is 5.29.